The monoisotopic (exact) mass is 337 g/mol. The molecule has 2 aromatic carbocycles. The van der Waals surface area contributed by atoms with Crippen LogP contribution in [-0.4, -0.2) is 22.7 Å². The quantitative estimate of drug-likeness (QED) is 0.710. The molecule has 0 amide bonds. The van der Waals surface area contributed by atoms with E-state index >= 15 is 0 Å². The molecule has 3 aromatic rings. The summed E-state index contributed by atoms with van der Waals surface area (Å²) in [4.78, 5) is 4.84. The third-order valence-corrected chi connectivity index (χ3v) is 4.65. The molecule has 0 saturated heterocycles. The zero-order valence-electron chi connectivity index (χ0n) is 15.4. The Morgan fingerprint density at radius 1 is 1.04 bits per heavy atom. The van der Waals surface area contributed by atoms with Gasteiger partial charge in [0.15, 0.2) is 0 Å². The van der Waals surface area contributed by atoms with Crippen molar-refractivity contribution < 1.29 is 4.74 Å². The van der Waals surface area contributed by atoms with Crippen LogP contribution >= 0.6 is 0 Å². The van der Waals surface area contributed by atoms with Crippen LogP contribution in [0.25, 0.3) is 11.0 Å². The first-order valence-electron chi connectivity index (χ1n) is 8.94. The molecule has 0 spiro atoms. The minimum Gasteiger partial charge on any atom is -0.492 e. The summed E-state index contributed by atoms with van der Waals surface area (Å²) in [6.45, 7) is 8.45. The van der Waals surface area contributed by atoms with Crippen LogP contribution in [0.15, 0.2) is 36.4 Å². The Balaban J connectivity index is 1.82. The zero-order chi connectivity index (χ0) is 17.8. The molecule has 1 heterocycles. The van der Waals surface area contributed by atoms with Crippen molar-refractivity contribution in [1.82, 2.24) is 9.55 Å². The molecular formula is C21H27N3O. The van der Waals surface area contributed by atoms with Crippen molar-refractivity contribution in [2.45, 2.75) is 40.2 Å². The lowest BCUT2D eigenvalue weighted by Crippen LogP contribution is -2.12. The molecule has 0 radical (unpaired) electrons. The molecule has 2 N–H and O–H groups in total. The molecule has 0 fully saturated rings. The molecule has 0 aliphatic heterocycles. The van der Waals surface area contributed by atoms with Gasteiger partial charge < -0.3 is 15.0 Å². The van der Waals surface area contributed by atoms with E-state index in [1.807, 2.05) is 12.1 Å². The van der Waals surface area contributed by atoms with E-state index in [2.05, 4.69) is 49.6 Å². The number of benzene rings is 2. The van der Waals surface area contributed by atoms with E-state index in [4.69, 9.17) is 15.5 Å². The van der Waals surface area contributed by atoms with Gasteiger partial charge in [-0.3, -0.25) is 0 Å². The highest BCUT2D eigenvalue weighted by atomic mass is 16.5. The minimum atomic E-state index is 0.622. The number of aromatic nitrogens is 2. The van der Waals surface area contributed by atoms with E-state index < -0.39 is 0 Å². The van der Waals surface area contributed by atoms with Gasteiger partial charge in [-0.25, -0.2) is 4.98 Å². The van der Waals surface area contributed by atoms with Gasteiger partial charge in [-0.1, -0.05) is 17.7 Å². The predicted molar refractivity (Wildman–Crippen MR) is 103 cm³/mol. The van der Waals surface area contributed by atoms with Crippen LogP contribution in [0.4, 0.5) is 0 Å². The first-order chi connectivity index (χ1) is 12.1. The average Bonchev–Trinajstić information content (AvgIpc) is 2.92. The molecular weight excluding hydrogens is 310 g/mol. The van der Waals surface area contributed by atoms with Crippen LogP contribution in [0.2, 0.25) is 0 Å². The van der Waals surface area contributed by atoms with Crippen molar-refractivity contribution in [2.75, 3.05) is 13.2 Å². The van der Waals surface area contributed by atoms with Crippen molar-refractivity contribution in [3.63, 3.8) is 0 Å². The molecule has 0 atom stereocenters. The number of ether oxygens (including phenoxy) is 1. The third-order valence-electron chi connectivity index (χ3n) is 4.65. The highest BCUT2D eigenvalue weighted by molar-refractivity contribution is 5.78. The highest BCUT2D eigenvalue weighted by Crippen LogP contribution is 2.22. The molecule has 0 aliphatic carbocycles. The maximum Gasteiger partial charge on any atom is 0.119 e. The standard InChI is InChI=1S/C21H27N3O/c1-15-6-8-18(9-7-15)25-12-11-24-20-14-17(3)16(2)13-19(20)23-21(24)5-4-10-22/h6-9,13-14H,4-5,10-12,22H2,1-3H3. The summed E-state index contributed by atoms with van der Waals surface area (Å²) in [7, 11) is 0. The highest BCUT2D eigenvalue weighted by Gasteiger charge is 2.12. The van der Waals surface area contributed by atoms with Gasteiger partial charge in [-0.05, 0) is 69.1 Å². The second-order valence-corrected chi connectivity index (χ2v) is 6.66. The van der Waals surface area contributed by atoms with Crippen molar-refractivity contribution in [3.05, 3.63) is 58.9 Å². The number of nitrogens with two attached hydrogens (primary N) is 1. The van der Waals surface area contributed by atoms with Crippen LogP contribution in [0.3, 0.4) is 0 Å². The summed E-state index contributed by atoms with van der Waals surface area (Å²) >= 11 is 0. The molecule has 0 bridgehead atoms. The van der Waals surface area contributed by atoms with Crippen molar-refractivity contribution >= 4 is 11.0 Å². The lowest BCUT2D eigenvalue weighted by Gasteiger charge is -2.11. The summed E-state index contributed by atoms with van der Waals surface area (Å²) in [5, 5.41) is 0. The maximum atomic E-state index is 5.92. The van der Waals surface area contributed by atoms with Crippen LogP contribution in [0.1, 0.15) is 28.9 Å². The summed E-state index contributed by atoms with van der Waals surface area (Å²) in [6.07, 6.45) is 1.84. The Labute approximate surface area is 149 Å². The van der Waals surface area contributed by atoms with E-state index in [-0.39, 0.29) is 0 Å². The second kappa shape index (κ2) is 7.70. The smallest absolute Gasteiger partial charge is 0.119 e. The Kier molecular flexibility index (Phi) is 5.39. The number of fused-ring (bicyclic) bond motifs is 1. The average molecular weight is 337 g/mol. The summed E-state index contributed by atoms with van der Waals surface area (Å²) in [5.41, 5.74) is 11.7. The molecule has 132 valence electrons. The van der Waals surface area contributed by atoms with Gasteiger partial charge in [0.1, 0.15) is 18.2 Å². The molecule has 0 aliphatic rings. The van der Waals surface area contributed by atoms with Gasteiger partial charge in [0.25, 0.3) is 0 Å². The minimum absolute atomic E-state index is 0.622. The van der Waals surface area contributed by atoms with Crippen LogP contribution in [0.5, 0.6) is 5.75 Å². The number of rotatable bonds is 7. The Morgan fingerprint density at radius 3 is 2.48 bits per heavy atom. The fourth-order valence-electron chi connectivity index (χ4n) is 3.02. The third kappa shape index (κ3) is 4.02. The van der Waals surface area contributed by atoms with Crippen molar-refractivity contribution in [2.24, 2.45) is 5.73 Å². The molecule has 3 rings (SSSR count). The number of aryl methyl sites for hydroxylation is 4. The number of hydrogen-bond acceptors (Lipinski definition) is 3. The summed E-state index contributed by atoms with van der Waals surface area (Å²) < 4.78 is 8.21. The maximum absolute atomic E-state index is 5.92. The number of imidazole rings is 1. The Morgan fingerprint density at radius 2 is 1.76 bits per heavy atom. The molecule has 4 heteroatoms. The lowest BCUT2D eigenvalue weighted by atomic mass is 10.1. The van der Waals surface area contributed by atoms with Gasteiger partial charge in [-0.2, -0.15) is 0 Å². The van der Waals surface area contributed by atoms with E-state index in [0.29, 0.717) is 13.2 Å². The van der Waals surface area contributed by atoms with Gasteiger partial charge in [0, 0.05) is 6.42 Å². The fourth-order valence-corrected chi connectivity index (χ4v) is 3.02. The zero-order valence-corrected chi connectivity index (χ0v) is 15.4. The number of nitrogens with zero attached hydrogens (tertiary/aromatic N) is 2. The Bertz CT molecular complexity index is 850. The summed E-state index contributed by atoms with van der Waals surface area (Å²) in [5.74, 6) is 2.00. The van der Waals surface area contributed by atoms with Gasteiger partial charge >= 0.3 is 0 Å². The molecule has 0 unspecified atom stereocenters. The molecule has 1 aromatic heterocycles. The molecule has 0 saturated carbocycles. The predicted octanol–water partition coefficient (Wildman–Crippen LogP) is 3.93. The summed E-state index contributed by atoms with van der Waals surface area (Å²) in [6, 6.07) is 12.6. The van der Waals surface area contributed by atoms with E-state index in [1.54, 1.807) is 0 Å². The number of hydrogen-bond donors (Lipinski definition) is 1. The van der Waals surface area contributed by atoms with E-state index in [1.165, 1.54) is 22.2 Å². The second-order valence-electron chi connectivity index (χ2n) is 6.66. The first kappa shape index (κ1) is 17.5. The van der Waals surface area contributed by atoms with Crippen molar-refractivity contribution in [1.29, 1.82) is 0 Å². The van der Waals surface area contributed by atoms with Crippen LogP contribution in [0, 0.1) is 20.8 Å². The van der Waals surface area contributed by atoms with Crippen LogP contribution < -0.4 is 10.5 Å². The SMILES string of the molecule is Cc1ccc(OCCn2c(CCCN)nc3cc(C)c(C)cc32)cc1. The lowest BCUT2D eigenvalue weighted by molar-refractivity contribution is 0.298. The van der Waals surface area contributed by atoms with Gasteiger partial charge in [0.2, 0.25) is 0 Å². The normalized spacial score (nSPS) is 11.2. The largest absolute Gasteiger partial charge is 0.492 e. The van der Waals surface area contributed by atoms with Gasteiger partial charge in [0.05, 0.1) is 17.6 Å². The van der Waals surface area contributed by atoms with E-state index in [0.717, 1.165) is 36.5 Å². The van der Waals surface area contributed by atoms with Crippen molar-refractivity contribution in [3.8, 4) is 5.75 Å². The van der Waals surface area contributed by atoms with Crippen LogP contribution in [-0.2, 0) is 13.0 Å². The van der Waals surface area contributed by atoms with E-state index in [9.17, 15) is 0 Å². The molecule has 4 nitrogen and oxygen atoms in total. The molecule has 25 heavy (non-hydrogen) atoms. The topological polar surface area (TPSA) is 53.1 Å². The Hall–Kier alpha value is -2.33. The van der Waals surface area contributed by atoms with Gasteiger partial charge in [-0.15, -0.1) is 0 Å². The first-order valence-corrected chi connectivity index (χ1v) is 8.94. The fraction of sp³-hybridized carbons (Fsp3) is 0.381.